The van der Waals surface area contributed by atoms with E-state index in [0.29, 0.717) is 25.2 Å². The average Bonchev–Trinajstić information content (AvgIpc) is 2.42. The molecule has 0 saturated heterocycles. The average molecular weight is 299 g/mol. The van der Waals surface area contributed by atoms with E-state index in [0.717, 1.165) is 12.8 Å². The highest BCUT2D eigenvalue weighted by atomic mass is 32.2. The molecule has 1 saturated carbocycles. The van der Waals surface area contributed by atoms with E-state index in [4.69, 9.17) is 4.74 Å². The van der Waals surface area contributed by atoms with Crippen LogP contribution in [-0.4, -0.2) is 32.3 Å². The van der Waals surface area contributed by atoms with E-state index in [1.165, 1.54) is 12.1 Å². The summed E-state index contributed by atoms with van der Waals surface area (Å²) in [6.45, 7) is 2.41. The summed E-state index contributed by atoms with van der Waals surface area (Å²) in [5.41, 5.74) is 0. The van der Waals surface area contributed by atoms with E-state index >= 15 is 0 Å². The van der Waals surface area contributed by atoms with Gasteiger partial charge in [-0.25, -0.2) is 13.1 Å². The van der Waals surface area contributed by atoms with Crippen LogP contribution in [0.15, 0.2) is 29.2 Å². The molecule has 1 fully saturated rings. The molecular weight excluding hydrogens is 278 g/mol. The van der Waals surface area contributed by atoms with Gasteiger partial charge in [-0.05, 0) is 44.0 Å². The van der Waals surface area contributed by atoms with Gasteiger partial charge in [0, 0.05) is 6.04 Å². The van der Waals surface area contributed by atoms with Gasteiger partial charge in [0.15, 0.2) is 0 Å². The molecule has 1 aromatic rings. The smallest absolute Gasteiger partial charge is 0.240 e. The molecule has 0 bridgehead atoms. The van der Waals surface area contributed by atoms with Gasteiger partial charge in [0.25, 0.3) is 0 Å². The summed E-state index contributed by atoms with van der Waals surface area (Å²) in [6.07, 6.45) is 2.62. The van der Waals surface area contributed by atoms with Crippen LogP contribution in [0.5, 0.6) is 5.75 Å². The molecule has 5 nitrogen and oxygen atoms in total. The van der Waals surface area contributed by atoms with Gasteiger partial charge in [0.05, 0.1) is 17.6 Å². The van der Waals surface area contributed by atoms with Crippen molar-refractivity contribution < 1.29 is 18.3 Å². The van der Waals surface area contributed by atoms with Gasteiger partial charge >= 0.3 is 0 Å². The Balaban J connectivity index is 2.09. The van der Waals surface area contributed by atoms with E-state index < -0.39 is 16.1 Å². The predicted octanol–water partition coefficient (Wildman–Crippen LogP) is 1.67. The van der Waals surface area contributed by atoms with Crippen LogP contribution in [0.2, 0.25) is 0 Å². The maximum Gasteiger partial charge on any atom is 0.240 e. The van der Waals surface area contributed by atoms with Gasteiger partial charge in [-0.2, -0.15) is 0 Å². The van der Waals surface area contributed by atoms with Crippen LogP contribution < -0.4 is 9.46 Å². The minimum absolute atomic E-state index is 0.193. The summed E-state index contributed by atoms with van der Waals surface area (Å²) in [5, 5.41) is 9.85. The zero-order valence-corrected chi connectivity index (χ0v) is 12.4. The van der Waals surface area contributed by atoms with E-state index in [1.54, 1.807) is 12.1 Å². The van der Waals surface area contributed by atoms with Gasteiger partial charge in [-0.3, -0.25) is 0 Å². The molecule has 0 aromatic heterocycles. The number of aliphatic hydroxyl groups excluding tert-OH is 1. The number of hydrogen-bond donors (Lipinski definition) is 2. The normalized spacial score (nSPS) is 23.5. The maximum atomic E-state index is 12.3. The Hall–Kier alpha value is -1.11. The third-order valence-corrected chi connectivity index (χ3v) is 4.99. The molecule has 1 aliphatic rings. The molecule has 0 spiro atoms. The number of rotatable bonds is 5. The van der Waals surface area contributed by atoms with Gasteiger partial charge in [0.2, 0.25) is 10.0 Å². The highest BCUT2D eigenvalue weighted by molar-refractivity contribution is 7.89. The third kappa shape index (κ3) is 3.71. The number of aliphatic hydroxyl groups is 1. The van der Waals surface area contributed by atoms with Crippen LogP contribution in [0.3, 0.4) is 0 Å². The van der Waals surface area contributed by atoms with Crippen molar-refractivity contribution in [1.82, 2.24) is 4.72 Å². The van der Waals surface area contributed by atoms with Crippen LogP contribution in [0.4, 0.5) is 0 Å². The highest BCUT2D eigenvalue weighted by Gasteiger charge is 2.28. The number of nitrogens with one attached hydrogen (secondary N) is 1. The summed E-state index contributed by atoms with van der Waals surface area (Å²) in [7, 11) is -3.59. The van der Waals surface area contributed by atoms with E-state index in [2.05, 4.69) is 4.72 Å². The van der Waals surface area contributed by atoms with E-state index in [-0.39, 0.29) is 10.9 Å². The van der Waals surface area contributed by atoms with Crippen molar-refractivity contribution in [1.29, 1.82) is 0 Å². The lowest BCUT2D eigenvalue weighted by Crippen LogP contribution is -2.44. The van der Waals surface area contributed by atoms with E-state index in [9.17, 15) is 13.5 Å². The lowest BCUT2D eigenvalue weighted by atomic mass is 9.93. The lowest BCUT2D eigenvalue weighted by molar-refractivity contribution is 0.101. The van der Waals surface area contributed by atoms with Crippen molar-refractivity contribution in [3.05, 3.63) is 24.3 Å². The minimum atomic E-state index is -3.59. The summed E-state index contributed by atoms with van der Waals surface area (Å²) in [4.78, 5) is 0.193. The SMILES string of the molecule is CCOc1ccc(S(=O)(=O)N[C@@H]2CCCC[C@H]2O)cc1. The first kappa shape index (κ1) is 15.3. The topological polar surface area (TPSA) is 75.6 Å². The Morgan fingerprint density at radius 1 is 1.25 bits per heavy atom. The maximum absolute atomic E-state index is 12.3. The van der Waals surface area contributed by atoms with Crippen molar-refractivity contribution in [2.75, 3.05) is 6.61 Å². The van der Waals surface area contributed by atoms with Crippen LogP contribution in [0.25, 0.3) is 0 Å². The second-order valence-corrected chi connectivity index (χ2v) is 6.70. The van der Waals surface area contributed by atoms with Gasteiger partial charge in [0.1, 0.15) is 5.75 Å². The van der Waals surface area contributed by atoms with Gasteiger partial charge < -0.3 is 9.84 Å². The second-order valence-electron chi connectivity index (χ2n) is 4.98. The fourth-order valence-electron chi connectivity index (χ4n) is 2.40. The standard InChI is InChI=1S/C14H21NO4S/c1-2-19-11-7-9-12(10-8-11)20(17,18)15-13-5-3-4-6-14(13)16/h7-10,13-16H,2-6H2,1H3/t13-,14-/m1/s1. The Morgan fingerprint density at radius 2 is 1.90 bits per heavy atom. The molecule has 0 aliphatic heterocycles. The van der Waals surface area contributed by atoms with Gasteiger partial charge in [-0.1, -0.05) is 12.8 Å². The molecule has 2 atom stereocenters. The fraction of sp³-hybridized carbons (Fsp3) is 0.571. The molecular formula is C14H21NO4S. The summed E-state index contributed by atoms with van der Waals surface area (Å²) < 4.78 is 32.4. The lowest BCUT2D eigenvalue weighted by Gasteiger charge is -2.28. The van der Waals surface area contributed by atoms with Crippen molar-refractivity contribution in [2.45, 2.75) is 49.6 Å². The van der Waals surface area contributed by atoms with E-state index in [1.807, 2.05) is 6.92 Å². The van der Waals surface area contributed by atoms with Crippen molar-refractivity contribution in [3.8, 4) is 5.75 Å². The zero-order chi connectivity index (χ0) is 14.6. The second kappa shape index (κ2) is 6.56. The van der Waals surface area contributed by atoms with Gasteiger partial charge in [-0.15, -0.1) is 0 Å². The molecule has 6 heteroatoms. The summed E-state index contributed by atoms with van der Waals surface area (Å²) >= 11 is 0. The molecule has 0 unspecified atom stereocenters. The third-order valence-electron chi connectivity index (χ3n) is 3.48. The predicted molar refractivity (Wildman–Crippen MR) is 76.2 cm³/mol. The number of ether oxygens (including phenoxy) is 1. The quantitative estimate of drug-likeness (QED) is 0.867. The highest BCUT2D eigenvalue weighted by Crippen LogP contribution is 2.21. The molecule has 2 rings (SSSR count). The molecule has 0 radical (unpaired) electrons. The number of benzene rings is 1. The van der Waals surface area contributed by atoms with Crippen LogP contribution in [0, 0.1) is 0 Å². The number of hydrogen-bond acceptors (Lipinski definition) is 4. The van der Waals surface area contributed by atoms with Crippen LogP contribution >= 0.6 is 0 Å². The monoisotopic (exact) mass is 299 g/mol. The summed E-state index contributed by atoms with van der Waals surface area (Å²) in [5.74, 6) is 0.643. The number of sulfonamides is 1. The molecule has 1 aliphatic carbocycles. The molecule has 20 heavy (non-hydrogen) atoms. The first-order valence-electron chi connectivity index (χ1n) is 6.96. The van der Waals surface area contributed by atoms with Crippen LogP contribution in [-0.2, 0) is 10.0 Å². The molecule has 112 valence electrons. The first-order chi connectivity index (χ1) is 9.53. The van der Waals surface area contributed by atoms with Crippen LogP contribution in [0.1, 0.15) is 32.6 Å². The largest absolute Gasteiger partial charge is 0.494 e. The first-order valence-corrected chi connectivity index (χ1v) is 8.44. The Kier molecular flexibility index (Phi) is 5.01. The minimum Gasteiger partial charge on any atom is -0.494 e. The Bertz CT molecular complexity index is 527. The van der Waals surface area contributed by atoms with Crippen molar-refractivity contribution >= 4 is 10.0 Å². The Labute approximate surface area is 120 Å². The Morgan fingerprint density at radius 3 is 2.50 bits per heavy atom. The molecule has 2 N–H and O–H groups in total. The zero-order valence-electron chi connectivity index (χ0n) is 11.6. The molecule has 1 aromatic carbocycles. The van der Waals surface area contributed by atoms with Crippen molar-refractivity contribution in [2.24, 2.45) is 0 Å². The summed E-state index contributed by atoms with van der Waals surface area (Å²) in [6, 6.07) is 5.91. The van der Waals surface area contributed by atoms with Crippen molar-refractivity contribution in [3.63, 3.8) is 0 Å². The fourth-order valence-corrected chi connectivity index (χ4v) is 3.70. The molecule has 0 amide bonds. The molecule has 0 heterocycles.